The molecule has 220 valence electrons. The van der Waals surface area contributed by atoms with Crippen LogP contribution in [0.2, 0.25) is 0 Å². The van der Waals surface area contributed by atoms with Crippen LogP contribution in [0, 0.1) is 5.82 Å². The Bertz CT molecular complexity index is 1510. The first-order valence-corrected chi connectivity index (χ1v) is 15.7. The van der Waals surface area contributed by atoms with Crippen LogP contribution in [-0.2, 0) is 19.7 Å². The Labute approximate surface area is 248 Å². The van der Waals surface area contributed by atoms with Crippen LogP contribution in [0.15, 0.2) is 65.6 Å². The molecule has 2 fully saturated rings. The zero-order valence-electron chi connectivity index (χ0n) is 23.6. The summed E-state index contributed by atoms with van der Waals surface area (Å²) in [4.78, 5) is 45.8. The van der Waals surface area contributed by atoms with E-state index in [9.17, 15) is 18.8 Å². The maximum Gasteiger partial charge on any atom is 0.276 e. The van der Waals surface area contributed by atoms with Gasteiger partial charge in [0.25, 0.3) is 11.8 Å². The van der Waals surface area contributed by atoms with Gasteiger partial charge in [-0.1, -0.05) is 42.5 Å². The van der Waals surface area contributed by atoms with Crippen molar-refractivity contribution < 1.29 is 18.7 Å². The number of carbonyl (C=O) groups is 2. The fourth-order valence-electron chi connectivity index (χ4n) is 6.26. The molecule has 0 unspecified atom stereocenters. The first-order chi connectivity index (χ1) is 20.4. The largest absolute Gasteiger partial charge is 0.483 e. The normalized spacial score (nSPS) is 21.0. The van der Waals surface area contributed by atoms with E-state index in [2.05, 4.69) is 17.1 Å². The number of benzene rings is 2. The number of hydrogen-bond donors (Lipinski definition) is 1. The molecule has 1 aromatic heterocycles. The number of hydrogen-bond acceptors (Lipinski definition) is 6. The van der Waals surface area contributed by atoms with Gasteiger partial charge in [-0.3, -0.25) is 19.3 Å². The van der Waals surface area contributed by atoms with Gasteiger partial charge in [0, 0.05) is 31.4 Å². The number of amides is 2. The van der Waals surface area contributed by atoms with Gasteiger partial charge in [-0.15, -0.1) is 0 Å². The van der Waals surface area contributed by atoms with Crippen LogP contribution in [0.1, 0.15) is 58.2 Å². The number of ether oxygens (including phenoxy) is 1. The third-order valence-corrected chi connectivity index (χ3v) is 9.56. The zero-order valence-corrected chi connectivity index (χ0v) is 24.4. The van der Waals surface area contributed by atoms with Crippen molar-refractivity contribution in [2.45, 2.75) is 64.1 Å². The molecule has 0 bridgehead atoms. The molecule has 42 heavy (non-hydrogen) atoms. The Kier molecular flexibility index (Phi) is 8.35. The molecule has 4 heterocycles. The molecule has 2 saturated heterocycles. The van der Waals surface area contributed by atoms with Crippen LogP contribution in [0.4, 0.5) is 4.39 Å². The number of fused-ring (bicyclic) bond motifs is 2. The third-order valence-electron chi connectivity index (χ3n) is 8.52. The molecule has 0 saturated carbocycles. The number of nitrogens with zero attached hydrogens (tertiary/aromatic N) is 3. The van der Waals surface area contributed by atoms with Crippen LogP contribution in [-0.4, -0.2) is 62.5 Å². The lowest BCUT2D eigenvalue weighted by atomic mass is 9.99. The number of halogens is 1. The van der Waals surface area contributed by atoms with Gasteiger partial charge in [-0.25, -0.2) is 4.39 Å². The van der Waals surface area contributed by atoms with E-state index in [4.69, 9.17) is 4.74 Å². The van der Waals surface area contributed by atoms with E-state index in [1.807, 2.05) is 47.0 Å². The average Bonchev–Trinajstić information content (AvgIpc) is 3.01. The highest BCUT2D eigenvalue weighted by molar-refractivity contribution is 7.99. The molecular weight excluding hydrogens is 555 g/mol. The second-order valence-electron chi connectivity index (χ2n) is 11.2. The van der Waals surface area contributed by atoms with E-state index in [1.165, 1.54) is 18.3 Å². The van der Waals surface area contributed by atoms with Crippen molar-refractivity contribution in [1.82, 2.24) is 19.7 Å². The van der Waals surface area contributed by atoms with Gasteiger partial charge in [0.15, 0.2) is 11.4 Å². The van der Waals surface area contributed by atoms with Crippen molar-refractivity contribution in [3.8, 4) is 5.75 Å². The van der Waals surface area contributed by atoms with Crippen molar-refractivity contribution in [1.29, 1.82) is 0 Å². The number of aromatic nitrogens is 1. The second-order valence-corrected chi connectivity index (χ2v) is 12.4. The van der Waals surface area contributed by atoms with Gasteiger partial charge in [-0.2, -0.15) is 11.8 Å². The Balaban J connectivity index is 1.36. The summed E-state index contributed by atoms with van der Waals surface area (Å²) in [6, 6.07) is 15.6. The monoisotopic (exact) mass is 590 g/mol. The van der Waals surface area contributed by atoms with Gasteiger partial charge in [0.1, 0.15) is 24.2 Å². The van der Waals surface area contributed by atoms with Crippen molar-refractivity contribution in [2.75, 3.05) is 18.1 Å². The summed E-state index contributed by atoms with van der Waals surface area (Å²) < 4.78 is 21.2. The zero-order chi connectivity index (χ0) is 29.2. The first kappa shape index (κ1) is 28.5. The molecule has 2 atom stereocenters. The summed E-state index contributed by atoms with van der Waals surface area (Å²) >= 11 is 1.97. The minimum atomic E-state index is -0.619. The van der Waals surface area contributed by atoms with E-state index in [0.717, 1.165) is 42.9 Å². The highest BCUT2D eigenvalue weighted by atomic mass is 32.2. The number of carbonyl (C=O) groups excluding carboxylic acids is 2. The van der Waals surface area contributed by atoms with Gasteiger partial charge in [0.05, 0.1) is 6.54 Å². The molecule has 0 spiro atoms. The highest BCUT2D eigenvalue weighted by Crippen LogP contribution is 2.35. The molecule has 0 aliphatic carbocycles. The summed E-state index contributed by atoms with van der Waals surface area (Å²) in [5.74, 6) is 0.932. The van der Waals surface area contributed by atoms with Crippen LogP contribution in [0.25, 0.3) is 0 Å². The van der Waals surface area contributed by atoms with Crippen molar-refractivity contribution in [2.24, 2.45) is 0 Å². The third kappa shape index (κ3) is 5.70. The SMILES string of the molecule is C[C@H]1CCN(C2CCSCC2)[C@@H]2Cn3cc(C(=O)NCc4ccc(F)cc4)c(=O)c(OCc4ccccc4)c3C(=O)N12. The molecule has 1 N–H and O–H groups in total. The fourth-order valence-corrected chi connectivity index (χ4v) is 7.34. The summed E-state index contributed by atoms with van der Waals surface area (Å²) in [5.41, 5.74) is 1.03. The molecule has 8 nitrogen and oxygen atoms in total. The smallest absolute Gasteiger partial charge is 0.276 e. The number of nitrogens with one attached hydrogen (secondary N) is 1. The number of rotatable bonds is 7. The molecule has 10 heteroatoms. The summed E-state index contributed by atoms with van der Waals surface area (Å²) in [7, 11) is 0. The average molecular weight is 591 g/mol. The predicted molar refractivity (Wildman–Crippen MR) is 160 cm³/mol. The van der Waals surface area contributed by atoms with E-state index in [1.54, 1.807) is 16.7 Å². The van der Waals surface area contributed by atoms with Gasteiger partial charge < -0.3 is 19.5 Å². The predicted octanol–water partition coefficient (Wildman–Crippen LogP) is 4.27. The van der Waals surface area contributed by atoms with E-state index in [0.29, 0.717) is 18.2 Å². The van der Waals surface area contributed by atoms with Crippen LogP contribution in [0.3, 0.4) is 0 Å². The molecule has 3 aromatic rings. The van der Waals surface area contributed by atoms with Crippen molar-refractivity contribution in [3.05, 3.63) is 99.2 Å². The maximum atomic E-state index is 14.2. The van der Waals surface area contributed by atoms with Gasteiger partial charge in [0.2, 0.25) is 5.43 Å². The molecular formula is C32H35FN4O4S. The van der Waals surface area contributed by atoms with Crippen molar-refractivity contribution >= 4 is 23.6 Å². The van der Waals surface area contributed by atoms with Crippen LogP contribution >= 0.6 is 11.8 Å². The summed E-state index contributed by atoms with van der Waals surface area (Å²) in [5, 5.41) is 2.78. The first-order valence-electron chi connectivity index (χ1n) is 14.5. The second kappa shape index (κ2) is 12.3. The Morgan fingerprint density at radius 2 is 1.76 bits per heavy atom. The minimum Gasteiger partial charge on any atom is -0.483 e. The number of pyridine rings is 1. The van der Waals surface area contributed by atoms with E-state index < -0.39 is 11.3 Å². The lowest BCUT2D eigenvalue weighted by molar-refractivity contribution is -0.0531. The van der Waals surface area contributed by atoms with E-state index >= 15 is 0 Å². The Morgan fingerprint density at radius 1 is 1.02 bits per heavy atom. The van der Waals surface area contributed by atoms with Crippen LogP contribution in [0.5, 0.6) is 5.75 Å². The molecule has 2 aromatic carbocycles. The Hall–Kier alpha value is -3.63. The van der Waals surface area contributed by atoms with Crippen molar-refractivity contribution in [3.63, 3.8) is 0 Å². The topological polar surface area (TPSA) is 83.9 Å². The van der Waals surface area contributed by atoms with Crippen LogP contribution < -0.4 is 15.5 Å². The molecule has 3 aliphatic heterocycles. The van der Waals surface area contributed by atoms with Gasteiger partial charge in [-0.05, 0) is 61.0 Å². The number of thioether (sulfide) groups is 1. The van der Waals surface area contributed by atoms with Gasteiger partial charge >= 0.3 is 0 Å². The molecule has 0 radical (unpaired) electrons. The Morgan fingerprint density at radius 3 is 2.50 bits per heavy atom. The minimum absolute atomic E-state index is 0.0150. The quantitative estimate of drug-likeness (QED) is 0.443. The summed E-state index contributed by atoms with van der Waals surface area (Å²) in [6.45, 7) is 3.62. The standard InChI is InChI=1S/C32H35FN4O4S/c1-21-11-14-36(25-12-15-42-16-13-25)27-19-35-18-26(31(39)34-17-22-7-9-24(33)10-8-22)29(38)30(28(35)32(40)37(21)27)41-20-23-5-3-2-4-6-23/h2-10,18,21,25,27H,11-17,19-20H2,1H3,(H,34,39)/t21-,27-/m0/s1. The molecule has 3 aliphatic rings. The highest BCUT2D eigenvalue weighted by Gasteiger charge is 2.45. The maximum absolute atomic E-state index is 14.2. The fraction of sp³-hybridized carbons (Fsp3) is 0.406. The lowest BCUT2D eigenvalue weighted by Crippen LogP contribution is -2.66. The summed E-state index contributed by atoms with van der Waals surface area (Å²) in [6.07, 6.45) is 4.37. The molecule has 6 rings (SSSR count). The lowest BCUT2D eigenvalue weighted by Gasteiger charge is -2.53. The molecule has 2 amide bonds. The van der Waals surface area contributed by atoms with E-state index in [-0.39, 0.29) is 54.1 Å².